The Balaban J connectivity index is 0.000000182. The average Bonchev–Trinajstić information content (AvgIpc) is 3.13. The fourth-order valence-corrected chi connectivity index (χ4v) is 5.86. The van der Waals surface area contributed by atoms with Crippen LogP contribution in [0.4, 0.5) is 4.39 Å². The van der Waals surface area contributed by atoms with Crippen LogP contribution in [0.5, 0.6) is 0 Å². The molecule has 50 heavy (non-hydrogen) atoms. The van der Waals surface area contributed by atoms with Crippen LogP contribution in [0.1, 0.15) is 59.7 Å². The van der Waals surface area contributed by atoms with E-state index in [2.05, 4.69) is 4.98 Å². The van der Waals surface area contributed by atoms with E-state index in [1.165, 1.54) is 12.3 Å². The quantitative estimate of drug-likeness (QED) is 0.181. The van der Waals surface area contributed by atoms with Gasteiger partial charge in [0, 0.05) is 45.4 Å². The fraction of sp³-hybridized carbons (Fsp3) is 0.116. The van der Waals surface area contributed by atoms with Crippen molar-refractivity contribution in [1.82, 2.24) is 9.55 Å². The van der Waals surface area contributed by atoms with E-state index in [4.69, 9.17) is 0 Å². The standard InChI is InChI=1S/C25H20FNO2.C18H15NO2/c1-16-11-12-18(13-17(16)2)24(28)21-15-27(14-19-7-3-5-9-22(19)26)23-10-6-4-8-20(23)25(21)29;1-11-7-8-13(9-12(11)2)17(20)15-10-19-16-6-4-3-5-14(16)18(15)21/h3-13,15H,14H2,1-2H3;3-10H,1-2H3,(H,19,21). The van der Waals surface area contributed by atoms with E-state index in [-0.39, 0.29) is 45.9 Å². The van der Waals surface area contributed by atoms with Crippen molar-refractivity contribution in [2.75, 3.05) is 0 Å². The zero-order valence-electron chi connectivity index (χ0n) is 28.2. The van der Waals surface area contributed by atoms with Crippen LogP contribution in [-0.2, 0) is 6.54 Å². The van der Waals surface area contributed by atoms with E-state index >= 15 is 0 Å². The highest BCUT2D eigenvalue weighted by molar-refractivity contribution is 6.11. The molecule has 7 heteroatoms. The summed E-state index contributed by atoms with van der Waals surface area (Å²) in [6, 6.07) is 31.7. The Kier molecular flexibility index (Phi) is 9.50. The number of rotatable bonds is 6. The third-order valence-corrected chi connectivity index (χ3v) is 9.10. The van der Waals surface area contributed by atoms with Gasteiger partial charge in [0.15, 0.2) is 11.6 Å². The predicted molar refractivity (Wildman–Crippen MR) is 197 cm³/mol. The third-order valence-electron chi connectivity index (χ3n) is 9.10. The summed E-state index contributed by atoms with van der Waals surface area (Å²) in [5.41, 5.74) is 6.86. The average molecular weight is 663 g/mol. The van der Waals surface area contributed by atoms with Crippen molar-refractivity contribution >= 4 is 33.4 Å². The van der Waals surface area contributed by atoms with Crippen molar-refractivity contribution in [2.45, 2.75) is 34.2 Å². The molecule has 7 rings (SSSR count). The molecule has 5 aromatic carbocycles. The number of aromatic amines is 1. The van der Waals surface area contributed by atoms with Gasteiger partial charge in [-0.3, -0.25) is 19.2 Å². The zero-order chi connectivity index (χ0) is 35.5. The minimum Gasteiger partial charge on any atom is -0.360 e. The normalized spacial score (nSPS) is 10.9. The van der Waals surface area contributed by atoms with E-state index in [9.17, 15) is 23.6 Å². The highest BCUT2D eigenvalue weighted by Gasteiger charge is 2.19. The topological polar surface area (TPSA) is 89.0 Å². The number of aromatic nitrogens is 2. The number of pyridine rings is 2. The van der Waals surface area contributed by atoms with Gasteiger partial charge in [-0.05, 0) is 92.4 Å². The summed E-state index contributed by atoms with van der Waals surface area (Å²) < 4.78 is 16.0. The number of carbonyl (C=O) groups is 2. The molecule has 0 spiro atoms. The van der Waals surface area contributed by atoms with Crippen molar-refractivity contribution < 1.29 is 14.0 Å². The smallest absolute Gasteiger partial charge is 0.200 e. The van der Waals surface area contributed by atoms with Crippen molar-refractivity contribution in [3.63, 3.8) is 0 Å². The first kappa shape index (κ1) is 33.7. The molecule has 0 aliphatic heterocycles. The van der Waals surface area contributed by atoms with Gasteiger partial charge in [0.2, 0.25) is 10.9 Å². The molecule has 0 saturated heterocycles. The van der Waals surface area contributed by atoms with Gasteiger partial charge in [0.25, 0.3) is 0 Å². The first-order chi connectivity index (χ1) is 24.0. The molecule has 0 radical (unpaired) electrons. The van der Waals surface area contributed by atoms with Crippen LogP contribution in [0.2, 0.25) is 0 Å². The largest absolute Gasteiger partial charge is 0.360 e. The van der Waals surface area contributed by atoms with Crippen molar-refractivity contribution in [2.24, 2.45) is 0 Å². The molecule has 0 aliphatic carbocycles. The van der Waals surface area contributed by atoms with Crippen LogP contribution in [0, 0.1) is 33.5 Å². The van der Waals surface area contributed by atoms with Crippen molar-refractivity contribution in [3.05, 3.63) is 198 Å². The molecular formula is C43H35FN2O4. The molecule has 0 saturated carbocycles. The van der Waals surface area contributed by atoms with Gasteiger partial charge in [0.1, 0.15) is 5.82 Å². The molecule has 2 aromatic heterocycles. The molecule has 0 aliphatic rings. The maximum atomic E-state index is 14.2. The second-order valence-electron chi connectivity index (χ2n) is 12.4. The Morgan fingerprint density at radius 3 is 1.80 bits per heavy atom. The first-order valence-electron chi connectivity index (χ1n) is 16.2. The van der Waals surface area contributed by atoms with Crippen LogP contribution in [0.3, 0.4) is 0 Å². The lowest BCUT2D eigenvalue weighted by molar-refractivity contribution is 0.102. The molecule has 0 atom stereocenters. The summed E-state index contributed by atoms with van der Waals surface area (Å²) in [4.78, 5) is 54.2. The number of ketones is 2. The van der Waals surface area contributed by atoms with Crippen LogP contribution < -0.4 is 10.9 Å². The Morgan fingerprint density at radius 1 is 0.620 bits per heavy atom. The number of hydrogen-bond acceptors (Lipinski definition) is 4. The van der Waals surface area contributed by atoms with Crippen molar-refractivity contribution in [3.8, 4) is 0 Å². The number of hydrogen-bond donors (Lipinski definition) is 1. The molecule has 0 bridgehead atoms. The van der Waals surface area contributed by atoms with E-state index in [1.54, 1.807) is 71.4 Å². The summed E-state index contributed by atoms with van der Waals surface area (Å²) in [6.07, 6.45) is 3.05. The second kappa shape index (κ2) is 14.1. The van der Waals surface area contributed by atoms with Gasteiger partial charge in [-0.2, -0.15) is 0 Å². The third kappa shape index (κ3) is 6.71. The maximum Gasteiger partial charge on any atom is 0.200 e. The zero-order valence-corrected chi connectivity index (χ0v) is 28.2. The van der Waals surface area contributed by atoms with Gasteiger partial charge in [-0.15, -0.1) is 0 Å². The number of para-hydroxylation sites is 2. The minimum atomic E-state index is -0.328. The minimum absolute atomic E-state index is 0.0864. The highest BCUT2D eigenvalue weighted by Crippen LogP contribution is 2.19. The summed E-state index contributed by atoms with van der Waals surface area (Å²) >= 11 is 0. The summed E-state index contributed by atoms with van der Waals surface area (Å²) in [5.74, 6) is -0.895. The Labute approximate surface area is 288 Å². The molecule has 0 amide bonds. The fourth-order valence-electron chi connectivity index (χ4n) is 5.86. The summed E-state index contributed by atoms with van der Waals surface area (Å²) in [6.45, 7) is 8.08. The molecule has 2 heterocycles. The molecule has 7 aromatic rings. The maximum absolute atomic E-state index is 14.2. The lowest BCUT2D eigenvalue weighted by atomic mass is 9.98. The predicted octanol–water partition coefficient (Wildman–Crippen LogP) is 8.41. The van der Waals surface area contributed by atoms with E-state index < -0.39 is 0 Å². The van der Waals surface area contributed by atoms with Gasteiger partial charge in [-0.1, -0.05) is 66.7 Å². The molecule has 0 fully saturated rings. The Morgan fingerprint density at radius 2 is 1.16 bits per heavy atom. The Hall–Kier alpha value is -6.21. The van der Waals surface area contributed by atoms with Crippen LogP contribution in [0.25, 0.3) is 21.8 Å². The van der Waals surface area contributed by atoms with Crippen molar-refractivity contribution in [1.29, 1.82) is 0 Å². The summed E-state index contributed by atoms with van der Waals surface area (Å²) in [7, 11) is 0. The first-order valence-corrected chi connectivity index (χ1v) is 16.2. The molecule has 1 N–H and O–H groups in total. The van der Waals surface area contributed by atoms with E-state index in [0.717, 1.165) is 27.8 Å². The number of nitrogens with one attached hydrogen (secondary N) is 1. The SMILES string of the molecule is Cc1ccc(C(=O)c2c[nH]c3ccccc3c2=O)cc1C.Cc1ccc(C(=O)c2cn(Cc3ccccc3F)c3ccccc3c2=O)cc1C. The Bertz CT molecular complexity index is 2560. The highest BCUT2D eigenvalue weighted by atomic mass is 19.1. The number of halogens is 1. The molecule has 0 unspecified atom stereocenters. The second-order valence-corrected chi connectivity index (χ2v) is 12.4. The van der Waals surface area contributed by atoms with Crippen LogP contribution >= 0.6 is 0 Å². The number of H-pyrrole nitrogens is 1. The molecular weight excluding hydrogens is 627 g/mol. The van der Waals surface area contributed by atoms with Gasteiger partial charge in [-0.25, -0.2) is 4.39 Å². The number of aryl methyl sites for hydroxylation is 4. The molecule has 6 nitrogen and oxygen atoms in total. The number of nitrogens with zero attached hydrogens (tertiary/aromatic N) is 1. The number of benzene rings is 5. The molecule has 248 valence electrons. The lowest BCUT2D eigenvalue weighted by Crippen LogP contribution is -2.20. The van der Waals surface area contributed by atoms with Crippen LogP contribution in [0.15, 0.2) is 131 Å². The van der Waals surface area contributed by atoms with Crippen LogP contribution in [-0.4, -0.2) is 21.1 Å². The number of carbonyl (C=O) groups excluding carboxylic acids is 2. The lowest BCUT2D eigenvalue weighted by Gasteiger charge is -2.14. The van der Waals surface area contributed by atoms with Gasteiger partial charge in [0.05, 0.1) is 23.2 Å². The summed E-state index contributed by atoms with van der Waals surface area (Å²) in [5, 5.41) is 0.978. The van der Waals surface area contributed by atoms with E-state index in [1.807, 2.05) is 70.2 Å². The van der Waals surface area contributed by atoms with Gasteiger partial charge >= 0.3 is 0 Å². The van der Waals surface area contributed by atoms with E-state index in [0.29, 0.717) is 33.0 Å². The van der Waals surface area contributed by atoms with Gasteiger partial charge < -0.3 is 9.55 Å². The number of fused-ring (bicyclic) bond motifs is 2. The monoisotopic (exact) mass is 662 g/mol.